The van der Waals surface area contributed by atoms with Crippen molar-refractivity contribution in [1.29, 1.82) is 0 Å². The van der Waals surface area contributed by atoms with Crippen LogP contribution in [0.5, 0.6) is 0 Å². The van der Waals surface area contributed by atoms with Crippen LogP contribution in [0.15, 0.2) is 0 Å². The number of nitrogens with one attached hydrogen (secondary N) is 1. The highest BCUT2D eigenvalue weighted by Gasteiger charge is 2.06. The molecular formula is C13H25N5. The Labute approximate surface area is 110 Å². The van der Waals surface area contributed by atoms with Crippen molar-refractivity contribution < 1.29 is 0 Å². The van der Waals surface area contributed by atoms with Crippen LogP contribution in [-0.4, -0.2) is 41.0 Å². The first-order chi connectivity index (χ1) is 8.41. The summed E-state index contributed by atoms with van der Waals surface area (Å²) in [6, 6.07) is 0.587. The van der Waals surface area contributed by atoms with Crippen LogP contribution in [0.1, 0.15) is 31.7 Å². The molecule has 0 fully saturated rings. The SMILES string of the molecule is Cc1nc(N)c(C)c(NCCCN(C)C(C)C)n1. The molecule has 0 saturated carbocycles. The third kappa shape index (κ3) is 4.14. The summed E-state index contributed by atoms with van der Waals surface area (Å²) < 4.78 is 0. The molecule has 0 unspecified atom stereocenters. The number of hydrogen-bond acceptors (Lipinski definition) is 5. The minimum Gasteiger partial charge on any atom is -0.383 e. The summed E-state index contributed by atoms with van der Waals surface area (Å²) in [5, 5.41) is 3.33. The van der Waals surface area contributed by atoms with E-state index < -0.39 is 0 Å². The van der Waals surface area contributed by atoms with Crippen molar-refractivity contribution in [1.82, 2.24) is 14.9 Å². The first-order valence-electron chi connectivity index (χ1n) is 6.46. The standard InChI is InChI=1S/C13H25N5/c1-9(2)18(5)8-6-7-15-13-10(3)12(14)16-11(4)17-13/h9H,6-8H2,1-5H3,(H3,14,15,16,17). The highest BCUT2D eigenvalue weighted by molar-refractivity contribution is 5.54. The summed E-state index contributed by atoms with van der Waals surface area (Å²) in [7, 11) is 2.14. The molecule has 0 bridgehead atoms. The molecule has 0 radical (unpaired) electrons. The minimum absolute atomic E-state index is 0.560. The average molecular weight is 251 g/mol. The van der Waals surface area contributed by atoms with Gasteiger partial charge >= 0.3 is 0 Å². The van der Waals surface area contributed by atoms with Gasteiger partial charge in [0.25, 0.3) is 0 Å². The Morgan fingerprint density at radius 3 is 2.56 bits per heavy atom. The number of nitrogens with two attached hydrogens (primary N) is 1. The predicted molar refractivity (Wildman–Crippen MR) is 76.8 cm³/mol. The van der Waals surface area contributed by atoms with Crippen LogP contribution in [0.4, 0.5) is 11.6 Å². The maximum atomic E-state index is 5.81. The van der Waals surface area contributed by atoms with Crippen molar-refractivity contribution in [3.05, 3.63) is 11.4 Å². The number of nitrogens with zero attached hydrogens (tertiary/aromatic N) is 3. The predicted octanol–water partition coefficient (Wildman–Crippen LogP) is 1.82. The van der Waals surface area contributed by atoms with E-state index in [1.807, 2.05) is 13.8 Å². The molecule has 1 aromatic heterocycles. The molecule has 1 rings (SSSR count). The zero-order chi connectivity index (χ0) is 13.7. The maximum absolute atomic E-state index is 5.81. The van der Waals surface area contributed by atoms with Gasteiger partial charge in [-0.2, -0.15) is 0 Å². The lowest BCUT2D eigenvalue weighted by molar-refractivity contribution is 0.273. The van der Waals surface area contributed by atoms with Crippen molar-refractivity contribution in [2.24, 2.45) is 0 Å². The second-order valence-electron chi connectivity index (χ2n) is 4.98. The van der Waals surface area contributed by atoms with Gasteiger partial charge in [-0.1, -0.05) is 0 Å². The van der Waals surface area contributed by atoms with Gasteiger partial charge in [-0.05, 0) is 47.7 Å². The topological polar surface area (TPSA) is 67.1 Å². The fourth-order valence-electron chi connectivity index (χ4n) is 1.62. The van der Waals surface area contributed by atoms with Gasteiger partial charge in [-0.25, -0.2) is 9.97 Å². The number of aromatic nitrogens is 2. The monoisotopic (exact) mass is 251 g/mol. The molecule has 0 aliphatic rings. The lowest BCUT2D eigenvalue weighted by Gasteiger charge is -2.21. The van der Waals surface area contributed by atoms with E-state index in [-0.39, 0.29) is 0 Å². The van der Waals surface area contributed by atoms with E-state index in [1.165, 1.54) is 0 Å². The quantitative estimate of drug-likeness (QED) is 0.755. The molecule has 18 heavy (non-hydrogen) atoms. The minimum atomic E-state index is 0.560. The van der Waals surface area contributed by atoms with Crippen LogP contribution in [0.25, 0.3) is 0 Å². The highest BCUT2D eigenvalue weighted by Crippen LogP contribution is 2.16. The molecule has 0 aromatic carbocycles. The van der Waals surface area contributed by atoms with Crippen molar-refractivity contribution in [3.63, 3.8) is 0 Å². The summed E-state index contributed by atoms with van der Waals surface area (Å²) >= 11 is 0. The molecule has 1 aromatic rings. The van der Waals surface area contributed by atoms with Crippen LogP contribution in [0.3, 0.4) is 0 Å². The van der Waals surface area contributed by atoms with Crippen LogP contribution in [0.2, 0.25) is 0 Å². The molecule has 102 valence electrons. The second kappa shape index (κ2) is 6.54. The molecular weight excluding hydrogens is 226 g/mol. The van der Waals surface area contributed by atoms with E-state index in [0.717, 1.165) is 30.9 Å². The molecule has 0 spiro atoms. The third-order valence-corrected chi connectivity index (χ3v) is 3.16. The number of nitrogen functional groups attached to an aromatic ring is 1. The summed E-state index contributed by atoms with van der Waals surface area (Å²) in [5.41, 5.74) is 6.74. The number of aryl methyl sites for hydroxylation is 1. The zero-order valence-electron chi connectivity index (χ0n) is 12.1. The van der Waals surface area contributed by atoms with Crippen molar-refractivity contribution in [3.8, 4) is 0 Å². The van der Waals surface area contributed by atoms with E-state index >= 15 is 0 Å². The first kappa shape index (κ1) is 14.7. The summed E-state index contributed by atoms with van der Waals surface area (Å²) in [4.78, 5) is 10.8. The zero-order valence-corrected chi connectivity index (χ0v) is 12.1. The Kier molecular flexibility index (Phi) is 5.34. The molecule has 0 aliphatic carbocycles. The lowest BCUT2D eigenvalue weighted by atomic mass is 10.3. The Hall–Kier alpha value is -1.36. The third-order valence-electron chi connectivity index (χ3n) is 3.16. The number of rotatable bonds is 6. The van der Waals surface area contributed by atoms with Crippen LogP contribution in [-0.2, 0) is 0 Å². The molecule has 3 N–H and O–H groups in total. The maximum Gasteiger partial charge on any atom is 0.134 e. The Bertz CT molecular complexity index is 389. The van der Waals surface area contributed by atoms with E-state index in [4.69, 9.17) is 5.73 Å². The first-order valence-corrected chi connectivity index (χ1v) is 6.46. The van der Waals surface area contributed by atoms with Gasteiger partial charge in [0.15, 0.2) is 0 Å². The second-order valence-corrected chi connectivity index (χ2v) is 4.98. The summed E-state index contributed by atoms with van der Waals surface area (Å²) in [6.07, 6.45) is 1.08. The Morgan fingerprint density at radius 2 is 1.94 bits per heavy atom. The molecule has 0 amide bonds. The van der Waals surface area contributed by atoms with Gasteiger partial charge in [0.05, 0.1) is 0 Å². The molecule has 0 saturated heterocycles. The van der Waals surface area contributed by atoms with Crippen LogP contribution >= 0.6 is 0 Å². The Morgan fingerprint density at radius 1 is 1.28 bits per heavy atom. The molecule has 5 nitrogen and oxygen atoms in total. The van der Waals surface area contributed by atoms with Gasteiger partial charge in [0.2, 0.25) is 0 Å². The average Bonchev–Trinajstić information content (AvgIpc) is 2.29. The normalized spacial score (nSPS) is 11.3. The summed E-state index contributed by atoms with van der Waals surface area (Å²) in [6.45, 7) is 10.2. The molecule has 0 aliphatic heterocycles. The fourth-order valence-corrected chi connectivity index (χ4v) is 1.62. The van der Waals surface area contributed by atoms with Gasteiger partial charge in [0, 0.05) is 18.2 Å². The smallest absolute Gasteiger partial charge is 0.134 e. The van der Waals surface area contributed by atoms with Gasteiger partial charge in [-0.15, -0.1) is 0 Å². The highest BCUT2D eigenvalue weighted by atomic mass is 15.1. The number of hydrogen-bond donors (Lipinski definition) is 2. The van der Waals surface area contributed by atoms with Gasteiger partial charge in [-0.3, -0.25) is 0 Å². The molecule has 5 heteroatoms. The molecule has 0 atom stereocenters. The van der Waals surface area contributed by atoms with E-state index in [2.05, 4.69) is 41.1 Å². The van der Waals surface area contributed by atoms with Crippen molar-refractivity contribution in [2.45, 2.75) is 40.2 Å². The van der Waals surface area contributed by atoms with Gasteiger partial charge < -0.3 is 16.0 Å². The van der Waals surface area contributed by atoms with Gasteiger partial charge in [0.1, 0.15) is 17.5 Å². The Balaban J connectivity index is 2.45. The van der Waals surface area contributed by atoms with Crippen LogP contribution in [0, 0.1) is 13.8 Å². The van der Waals surface area contributed by atoms with Crippen molar-refractivity contribution >= 4 is 11.6 Å². The lowest BCUT2D eigenvalue weighted by Crippen LogP contribution is -2.28. The molecule has 1 heterocycles. The van der Waals surface area contributed by atoms with Crippen LogP contribution < -0.4 is 11.1 Å². The fraction of sp³-hybridized carbons (Fsp3) is 0.692. The largest absolute Gasteiger partial charge is 0.383 e. The summed E-state index contributed by atoms with van der Waals surface area (Å²) in [5.74, 6) is 2.12. The van der Waals surface area contributed by atoms with Crippen molar-refractivity contribution in [2.75, 3.05) is 31.2 Å². The number of anilines is 2. The van der Waals surface area contributed by atoms with E-state index in [9.17, 15) is 0 Å². The van der Waals surface area contributed by atoms with E-state index in [0.29, 0.717) is 17.7 Å². The van der Waals surface area contributed by atoms with E-state index in [1.54, 1.807) is 0 Å².